The van der Waals surface area contributed by atoms with Crippen LogP contribution in [0.3, 0.4) is 0 Å². The van der Waals surface area contributed by atoms with Crippen LogP contribution < -0.4 is 27.1 Å². The van der Waals surface area contributed by atoms with Crippen LogP contribution in [0.25, 0.3) is 44.4 Å². The molecule has 0 radical (unpaired) electrons. The summed E-state index contributed by atoms with van der Waals surface area (Å²) in [5, 5.41) is 10.5. The van der Waals surface area contributed by atoms with E-state index < -0.39 is 0 Å². The van der Waals surface area contributed by atoms with Crippen molar-refractivity contribution in [3.05, 3.63) is 115 Å². The van der Waals surface area contributed by atoms with E-state index in [9.17, 15) is 14.4 Å². The first kappa shape index (κ1) is 32.0. The maximum atomic E-state index is 13.4. The van der Waals surface area contributed by atoms with Crippen molar-refractivity contribution < 1.29 is 4.79 Å². The zero-order valence-electron chi connectivity index (χ0n) is 26.8. The number of benzene rings is 2. The molecule has 1 aliphatic rings. The second-order valence-corrected chi connectivity index (χ2v) is 13.1. The van der Waals surface area contributed by atoms with Crippen molar-refractivity contribution >= 4 is 40.1 Å². The molecule has 0 aliphatic carbocycles. The van der Waals surface area contributed by atoms with Crippen LogP contribution in [0.15, 0.2) is 82.9 Å². The highest BCUT2D eigenvalue weighted by atomic mass is 35.5. The molecule has 1 aliphatic heterocycles. The Kier molecular flexibility index (Phi) is 8.51. The molecule has 7 rings (SSSR count). The van der Waals surface area contributed by atoms with Crippen molar-refractivity contribution in [2.24, 2.45) is 14.1 Å². The van der Waals surface area contributed by atoms with E-state index in [-0.39, 0.29) is 23.1 Å². The Labute approximate surface area is 286 Å². The minimum atomic E-state index is -0.120. The SMILES string of the molecule is CNCc1cn2cc(-c3cccc(-c4cccc(-c5cc6c(=O)n(C)c(CNCC7CCC(=O)N7)cn6c5)c4Cl)c3Cl)cc2c(=O)n1C. The smallest absolute Gasteiger partial charge is 0.274 e. The van der Waals surface area contributed by atoms with E-state index in [4.69, 9.17) is 23.2 Å². The maximum Gasteiger partial charge on any atom is 0.274 e. The van der Waals surface area contributed by atoms with Crippen molar-refractivity contribution in [1.29, 1.82) is 0 Å². The first-order chi connectivity index (χ1) is 23.1. The van der Waals surface area contributed by atoms with Gasteiger partial charge in [-0.25, -0.2) is 0 Å². The van der Waals surface area contributed by atoms with Gasteiger partial charge in [-0.05, 0) is 25.6 Å². The highest BCUT2D eigenvalue weighted by Crippen LogP contribution is 2.42. The molecule has 0 bridgehead atoms. The van der Waals surface area contributed by atoms with E-state index in [0.717, 1.165) is 51.2 Å². The van der Waals surface area contributed by atoms with E-state index >= 15 is 0 Å². The summed E-state index contributed by atoms with van der Waals surface area (Å²) in [6.07, 6.45) is 9.08. The molecule has 1 amide bonds. The Morgan fingerprint density at radius 3 is 1.73 bits per heavy atom. The minimum absolute atomic E-state index is 0.0789. The lowest BCUT2D eigenvalue weighted by Crippen LogP contribution is -2.36. The summed E-state index contributed by atoms with van der Waals surface area (Å²) in [4.78, 5) is 38.0. The van der Waals surface area contributed by atoms with Crippen LogP contribution in [0.5, 0.6) is 0 Å². The van der Waals surface area contributed by atoms with Gasteiger partial charge in [0.1, 0.15) is 11.0 Å². The molecule has 12 heteroatoms. The molecule has 10 nitrogen and oxygen atoms in total. The van der Waals surface area contributed by atoms with Gasteiger partial charge in [0, 0.05) is 104 Å². The molecule has 4 aromatic heterocycles. The standard InChI is InChI=1S/C36H35Cl2N7O3/c1-39-15-24-19-44-17-21(12-30(44)35(47)42(24)2)26-6-4-8-28(33(26)37)29-9-5-7-27(34(29)38)22-13-31-36(48)43(3)25(20-45(31)18-22)16-40-14-23-10-11-32(46)41-23/h4-9,12-13,17-20,23,39-40H,10-11,14-16H2,1-3H3,(H,41,46). The Morgan fingerprint density at radius 2 is 1.25 bits per heavy atom. The summed E-state index contributed by atoms with van der Waals surface area (Å²) in [6, 6.07) is 15.4. The number of nitrogens with one attached hydrogen (secondary N) is 3. The highest BCUT2D eigenvalue weighted by Gasteiger charge is 2.21. The van der Waals surface area contributed by atoms with Crippen molar-refractivity contribution in [3.63, 3.8) is 0 Å². The molecule has 1 fully saturated rings. The van der Waals surface area contributed by atoms with Crippen LogP contribution in [0.4, 0.5) is 0 Å². The maximum absolute atomic E-state index is 13.4. The van der Waals surface area contributed by atoms with Crippen LogP contribution in [0, 0.1) is 0 Å². The average molecular weight is 685 g/mol. The third kappa shape index (κ3) is 5.64. The Balaban J connectivity index is 1.22. The normalized spacial score (nSPS) is 14.8. The summed E-state index contributed by atoms with van der Waals surface area (Å²) in [5.41, 5.74) is 7.25. The summed E-state index contributed by atoms with van der Waals surface area (Å²) >= 11 is 14.2. The molecular formula is C36H35Cl2N7O3. The number of fused-ring (bicyclic) bond motifs is 2. The number of carbonyl (C=O) groups is 1. The number of hydrogen-bond donors (Lipinski definition) is 3. The Morgan fingerprint density at radius 1 is 0.750 bits per heavy atom. The number of carbonyl (C=O) groups excluding carboxylic acids is 1. The van der Waals surface area contributed by atoms with Gasteiger partial charge < -0.3 is 33.9 Å². The fourth-order valence-corrected chi connectivity index (χ4v) is 7.22. The second kappa shape index (κ2) is 12.8. The van der Waals surface area contributed by atoms with Gasteiger partial charge >= 0.3 is 0 Å². The quantitative estimate of drug-likeness (QED) is 0.199. The number of nitrogens with zero attached hydrogens (tertiary/aromatic N) is 4. The summed E-state index contributed by atoms with van der Waals surface area (Å²) in [5.74, 6) is 0.0789. The van der Waals surface area contributed by atoms with Crippen LogP contribution in [-0.2, 0) is 32.0 Å². The van der Waals surface area contributed by atoms with Crippen molar-refractivity contribution in [1.82, 2.24) is 33.9 Å². The lowest BCUT2D eigenvalue weighted by molar-refractivity contribution is -0.119. The van der Waals surface area contributed by atoms with Crippen molar-refractivity contribution in [2.75, 3.05) is 13.6 Å². The fourth-order valence-electron chi connectivity index (χ4n) is 6.55. The van der Waals surface area contributed by atoms with E-state index in [1.165, 1.54) is 0 Å². The molecule has 0 spiro atoms. The van der Waals surface area contributed by atoms with Gasteiger partial charge in [-0.2, -0.15) is 0 Å². The fraction of sp³-hybridized carbons (Fsp3) is 0.250. The molecule has 1 atom stereocenters. The van der Waals surface area contributed by atoms with Crippen molar-refractivity contribution in [2.45, 2.75) is 32.0 Å². The molecule has 3 N–H and O–H groups in total. The number of amides is 1. The van der Waals surface area contributed by atoms with Gasteiger partial charge in [0.2, 0.25) is 5.91 Å². The largest absolute Gasteiger partial charge is 0.352 e. The summed E-state index contributed by atoms with van der Waals surface area (Å²) in [6.45, 7) is 1.68. The lowest BCUT2D eigenvalue weighted by atomic mass is 9.97. The van der Waals surface area contributed by atoms with E-state index in [1.807, 2.05) is 89.2 Å². The molecule has 2 aromatic carbocycles. The molecule has 1 unspecified atom stereocenters. The predicted molar refractivity (Wildman–Crippen MR) is 191 cm³/mol. The molecule has 246 valence electrons. The van der Waals surface area contributed by atoms with Crippen LogP contribution in [0.2, 0.25) is 10.0 Å². The van der Waals surface area contributed by atoms with Crippen molar-refractivity contribution in [3.8, 4) is 33.4 Å². The van der Waals surface area contributed by atoms with Gasteiger partial charge in [0.05, 0.1) is 21.4 Å². The van der Waals surface area contributed by atoms with E-state index in [0.29, 0.717) is 47.1 Å². The third-order valence-electron chi connectivity index (χ3n) is 9.23. The molecule has 5 heterocycles. The van der Waals surface area contributed by atoms with E-state index in [1.54, 1.807) is 23.2 Å². The van der Waals surface area contributed by atoms with Crippen LogP contribution in [-0.4, -0.2) is 43.5 Å². The second-order valence-electron chi connectivity index (χ2n) is 12.3. The molecule has 48 heavy (non-hydrogen) atoms. The van der Waals surface area contributed by atoms with Gasteiger partial charge in [-0.15, -0.1) is 0 Å². The number of hydrogen-bond acceptors (Lipinski definition) is 5. The highest BCUT2D eigenvalue weighted by molar-refractivity contribution is 6.39. The van der Waals surface area contributed by atoms with E-state index in [2.05, 4.69) is 16.0 Å². The first-order valence-electron chi connectivity index (χ1n) is 15.8. The first-order valence-corrected chi connectivity index (χ1v) is 16.5. The zero-order chi connectivity index (χ0) is 33.7. The number of rotatable bonds is 9. The molecule has 1 saturated heterocycles. The number of aromatic nitrogens is 4. The molecular weight excluding hydrogens is 649 g/mol. The lowest BCUT2D eigenvalue weighted by Gasteiger charge is -2.13. The van der Waals surface area contributed by atoms with Gasteiger partial charge in [-0.1, -0.05) is 59.6 Å². The van der Waals surface area contributed by atoms with Gasteiger partial charge in [0.15, 0.2) is 0 Å². The van der Waals surface area contributed by atoms with Gasteiger partial charge in [0.25, 0.3) is 11.1 Å². The molecule has 0 saturated carbocycles. The topological polar surface area (TPSA) is 106 Å². The van der Waals surface area contributed by atoms with Crippen LogP contribution in [0.1, 0.15) is 24.2 Å². The van der Waals surface area contributed by atoms with Crippen LogP contribution >= 0.6 is 23.2 Å². The predicted octanol–water partition coefficient (Wildman–Crippen LogP) is 4.98. The molecule has 6 aromatic rings. The average Bonchev–Trinajstić information content (AvgIpc) is 3.81. The summed E-state index contributed by atoms with van der Waals surface area (Å²) in [7, 11) is 5.38. The zero-order valence-corrected chi connectivity index (χ0v) is 28.3. The number of halogens is 2. The third-order valence-corrected chi connectivity index (χ3v) is 10.0. The summed E-state index contributed by atoms with van der Waals surface area (Å²) < 4.78 is 6.98. The minimum Gasteiger partial charge on any atom is -0.352 e. The monoisotopic (exact) mass is 683 g/mol. The Hall–Kier alpha value is -4.61. The Bertz CT molecular complexity index is 2350. The van der Waals surface area contributed by atoms with Gasteiger partial charge in [-0.3, -0.25) is 14.4 Å².